The molecule has 3 heterocycles. The first-order valence-corrected chi connectivity index (χ1v) is 9.55. The van der Waals surface area contributed by atoms with Gasteiger partial charge in [0, 0.05) is 46.1 Å². The lowest BCUT2D eigenvalue weighted by Gasteiger charge is -2.22. The lowest BCUT2D eigenvalue weighted by Crippen LogP contribution is -2.29. The molecule has 1 saturated carbocycles. The third-order valence-corrected chi connectivity index (χ3v) is 5.29. The number of hydrogen-bond acceptors (Lipinski definition) is 4. The van der Waals surface area contributed by atoms with Gasteiger partial charge in [0.05, 0.1) is 6.20 Å². The van der Waals surface area contributed by atoms with Crippen molar-refractivity contribution in [2.75, 3.05) is 5.32 Å². The number of anilines is 1. The zero-order chi connectivity index (χ0) is 17.9. The number of nitrogens with one attached hydrogen (secondary N) is 1. The lowest BCUT2D eigenvalue weighted by molar-refractivity contribution is -0.905. The molecule has 0 radical (unpaired) electrons. The van der Waals surface area contributed by atoms with Crippen molar-refractivity contribution in [2.24, 2.45) is 0 Å². The Labute approximate surface area is 153 Å². The molecule has 136 valence electrons. The number of fused-ring (bicyclic) bond motifs is 1. The first-order valence-electron chi connectivity index (χ1n) is 9.55. The third-order valence-electron chi connectivity index (χ3n) is 5.29. The zero-order valence-corrected chi connectivity index (χ0v) is 15.2. The molecule has 0 unspecified atom stereocenters. The van der Waals surface area contributed by atoms with Crippen molar-refractivity contribution in [3.05, 3.63) is 53.6 Å². The Hall–Kier alpha value is -2.63. The molecule has 6 heteroatoms. The molecule has 1 fully saturated rings. The summed E-state index contributed by atoms with van der Waals surface area (Å²) in [5.41, 5.74) is 4.32. The Bertz CT molecular complexity index is 898. The van der Waals surface area contributed by atoms with Crippen LogP contribution in [0, 0.1) is 0 Å². The summed E-state index contributed by atoms with van der Waals surface area (Å²) in [7, 11) is 0. The maximum atomic E-state index is 9.59. The van der Waals surface area contributed by atoms with Crippen molar-refractivity contribution < 1.29 is 9.94 Å². The number of aryl methyl sites for hydroxylation is 1. The summed E-state index contributed by atoms with van der Waals surface area (Å²) in [6.45, 7) is 2.76. The van der Waals surface area contributed by atoms with Gasteiger partial charge in [0.2, 0.25) is 12.4 Å². The molecule has 0 bridgehead atoms. The van der Waals surface area contributed by atoms with Crippen LogP contribution in [0.15, 0.2) is 36.8 Å². The molecule has 0 saturated heterocycles. The van der Waals surface area contributed by atoms with E-state index < -0.39 is 0 Å². The van der Waals surface area contributed by atoms with E-state index in [9.17, 15) is 5.21 Å². The van der Waals surface area contributed by atoms with Gasteiger partial charge >= 0.3 is 0 Å². The van der Waals surface area contributed by atoms with Gasteiger partial charge in [-0.05, 0) is 25.3 Å². The molecule has 6 nitrogen and oxygen atoms in total. The van der Waals surface area contributed by atoms with Gasteiger partial charge in [-0.15, -0.1) is 0 Å². The van der Waals surface area contributed by atoms with Gasteiger partial charge in [0.25, 0.3) is 0 Å². The lowest BCUT2D eigenvalue weighted by atomic mass is 9.87. The number of hydrogen-bond donors (Lipinski definition) is 2. The van der Waals surface area contributed by atoms with E-state index in [1.165, 1.54) is 43.4 Å². The molecule has 0 atom stereocenters. The molecule has 0 aromatic carbocycles. The quantitative estimate of drug-likeness (QED) is 0.545. The average Bonchev–Trinajstić information content (AvgIpc) is 3.10. The van der Waals surface area contributed by atoms with Crippen molar-refractivity contribution in [2.45, 2.75) is 57.9 Å². The molecular weight excluding hydrogens is 326 g/mol. The average molecular weight is 352 g/mol. The summed E-state index contributed by atoms with van der Waals surface area (Å²) in [5.74, 6) is 1.51. The van der Waals surface area contributed by atoms with Crippen LogP contribution in [-0.4, -0.2) is 19.8 Å². The van der Waals surface area contributed by atoms with E-state index in [2.05, 4.69) is 23.4 Å². The Morgan fingerprint density at radius 2 is 2.15 bits per heavy atom. The Balaban J connectivity index is 1.68. The molecular formula is C20H26N5O+. The largest absolute Gasteiger partial charge is 0.366 e. The van der Waals surface area contributed by atoms with E-state index in [-0.39, 0.29) is 0 Å². The summed E-state index contributed by atoms with van der Waals surface area (Å²) in [6.07, 6.45) is 12.5. The summed E-state index contributed by atoms with van der Waals surface area (Å²) in [6, 6.07) is 5.97. The van der Waals surface area contributed by atoms with E-state index in [1.54, 1.807) is 12.4 Å². The second-order valence-corrected chi connectivity index (χ2v) is 7.11. The Morgan fingerprint density at radius 1 is 1.31 bits per heavy atom. The van der Waals surface area contributed by atoms with Crippen LogP contribution in [-0.2, 0) is 13.0 Å². The summed E-state index contributed by atoms with van der Waals surface area (Å²) in [5, 5.41) is 17.6. The minimum atomic E-state index is 0.547. The van der Waals surface area contributed by atoms with Gasteiger partial charge in [0.15, 0.2) is 5.65 Å². The SMILES string of the molecule is CCc1cnn2c(NCc3ccc[n+](O)c3)cc(C3CCCCC3)nc12. The van der Waals surface area contributed by atoms with Gasteiger partial charge in [-0.1, -0.05) is 26.2 Å². The highest BCUT2D eigenvalue weighted by Crippen LogP contribution is 2.33. The molecule has 3 aromatic rings. The van der Waals surface area contributed by atoms with Crippen LogP contribution < -0.4 is 10.0 Å². The van der Waals surface area contributed by atoms with Crippen molar-refractivity contribution in [3.8, 4) is 0 Å². The van der Waals surface area contributed by atoms with Crippen LogP contribution in [0.2, 0.25) is 0 Å². The van der Waals surface area contributed by atoms with Crippen LogP contribution >= 0.6 is 0 Å². The summed E-state index contributed by atoms with van der Waals surface area (Å²) in [4.78, 5) is 4.98. The van der Waals surface area contributed by atoms with E-state index in [1.807, 2.05) is 22.8 Å². The van der Waals surface area contributed by atoms with Crippen LogP contribution in [0.25, 0.3) is 5.65 Å². The number of rotatable bonds is 5. The summed E-state index contributed by atoms with van der Waals surface area (Å²) >= 11 is 0. The molecule has 3 aromatic heterocycles. The second kappa shape index (κ2) is 7.32. The molecule has 1 aliphatic rings. The van der Waals surface area contributed by atoms with Crippen molar-refractivity contribution in [1.82, 2.24) is 14.6 Å². The van der Waals surface area contributed by atoms with Crippen molar-refractivity contribution in [3.63, 3.8) is 0 Å². The number of nitrogens with zero attached hydrogens (tertiary/aromatic N) is 4. The minimum absolute atomic E-state index is 0.547. The fourth-order valence-corrected chi connectivity index (χ4v) is 3.82. The maximum absolute atomic E-state index is 9.59. The maximum Gasteiger partial charge on any atom is 0.227 e. The Kier molecular flexibility index (Phi) is 4.73. The van der Waals surface area contributed by atoms with Crippen LogP contribution in [0.1, 0.15) is 61.8 Å². The van der Waals surface area contributed by atoms with E-state index in [0.29, 0.717) is 12.5 Å². The van der Waals surface area contributed by atoms with Gasteiger partial charge in [0.1, 0.15) is 5.82 Å². The molecule has 0 spiro atoms. The normalized spacial score (nSPS) is 15.4. The van der Waals surface area contributed by atoms with Gasteiger partial charge in [-0.25, -0.2) is 4.98 Å². The predicted octanol–water partition coefficient (Wildman–Crippen LogP) is 3.48. The van der Waals surface area contributed by atoms with Gasteiger partial charge in [-0.2, -0.15) is 9.61 Å². The number of aromatic nitrogens is 4. The first kappa shape index (κ1) is 16.8. The van der Waals surface area contributed by atoms with E-state index in [0.717, 1.165) is 28.2 Å². The highest BCUT2D eigenvalue weighted by molar-refractivity contribution is 5.55. The highest BCUT2D eigenvalue weighted by atomic mass is 16.5. The molecule has 0 amide bonds. The van der Waals surface area contributed by atoms with E-state index in [4.69, 9.17) is 4.98 Å². The van der Waals surface area contributed by atoms with Crippen molar-refractivity contribution >= 4 is 11.5 Å². The van der Waals surface area contributed by atoms with E-state index >= 15 is 0 Å². The predicted molar refractivity (Wildman–Crippen MR) is 99.3 cm³/mol. The smallest absolute Gasteiger partial charge is 0.227 e. The van der Waals surface area contributed by atoms with Crippen molar-refractivity contribution in [1.29, 1.82) is 0 Å². The molecule has 4 rings (SSSR count). The monoisotopic (exact) mass is 352 g/mol. The zero-order valence-electron chi connectivity index (χ0n) is 15.2. The molecule has 0 aliphatic heterocycles. The van der Waals surface area contributed by atoms with Crippen LogP contribution in [0.4, 0.5) is 5.82 Å². The molecule has 26 heavy (non-hydrogen) atoms. The van der Waals surface area contributed by atoms with Crippen LogP contribution in [0.3, 0.4) is 0 Å². The topological polar surface area (TPSA) is 66.3 Å². The first-order chi connectivity index (χ1) is 12.7. The standard InChI is InChI=1S/C20H26N5O/c1-2-16-13-22-25-19(21-12-15-7-6-10-24(26)14-15)11-18(23-20(16)25)17-8-4-3-5-9-17/h6-7,10-11,13-14,17,21,26H,2-5,8-9,12H2,1H3/q+1. The molecule has 1 aliphatic carbocycles. The van der Waals surface area contributed by atoms with Gasteiger partial charge < -0.3 is 5.32 Å². The molecule has 2 N–H and O–H groups in total. The summed E-state index contributed by atoms with van der Waals surface area (Å²) < 4.78 is 2.98. The third kappa shape index (κ3) is 3.36. The minimum Gasteiger partial charge on any atom is -0.366 e. The fourth-order valence-electron chi connectivity index (χ4n) is 3.82. The fraction of sp³-hybridized carbons (Fsp3) is 0.450. The van der Waals surface area contributed by atoms with Crippen LogP contribution in [0.5, 0.6) is 0 Å². The van der Waals surface area contributed by atoms with Gasteiger partial charge in [-0.3, -0.25) is 5.21 Å². The highest BCUT2D eigenvalue weighted by Gasteiger charge is 2.20. The number of pyridine rings is 1. The second-order valence-electron chi connectivity index (χ2n) is 7.11. The Morgan fingerprint density at radius 3 is 2.92 bits per heavy atom.